The normalized spacial score (nSPS) is 14.7. The van der Waals surface area contributed by atoms with E-state index in [0.29, 0.717) is 22.5 Å². The van der Waals surface area contributed by atoms with Crippen LogP contribution >= 0.6 is 0 Å². The van der Waals surface area contributed by atoms with E-state index in [9.17, 15) is 14.7 Å². The lowest BCUT2D eigenvalue weighted by molar-refractivity contribution is 0.102. The highest BCUT2D eigenvalue weighted by molar-refractivity contribution is 6.04. The highest BCUT2D eigenvalue weighted by Crippen LogP contribution is 2.38. The predicted molar refractivity (Wildman–Crippen MR) is 126 cm³/mol. The molecule has 3 N–H and O–H groups in total. The van der Waals surface area contributed by atoms with Gasteiger partial charge in [0.2, 0.25) is 0 Å². The van der Waals surface area contributed by atoms with E-state index >= 15 is 0 Å². The van der Waals surface area contributed by atoms with Crippen molar-refractivity contribution in [2.24, 2.45) is 0 Å². The number of nitrogens with one attached hydrogen (secondary N) is 2. The fourth-order valence-electron chi connectivity index (χ4n) is 4.10. The Kier molecular flexibility index (Phi) is 6.72. The third-order valence-electron chi connectivity index (χ3n) is 6.14. The van der Waals surface area contributed by atoms with Gasteiger partial charge in [0.15, 0.2) is 0 Å². The van der Waals surface area contributed by atoms with Crippen molar-refractivity contribution in [3.63, 3.8) is 0 Å². The molecule has 0 radical (unpaired) electrons. The van der Waals surface area contributed by atoms with Gasteiger partial charge in [-0.05, 0) is 56.5 Å². The monoisotopic (exact) mass is 447 g/mol. The minimum Gasteiger partial charge on any atom is -0.507 e. The van der Waals surface area contributed by atoms with Gasteiger partial charge in [0, 0.05) is 41.7 Å². The lowest BCUT2D eigenvalue weighted by atomic mass is 10.0. The molecule has 2 aromatic heterocycles. The maximum absolute atomic E-state index is 12.9. The number of phenolic OH excluding ortho intramolecular Hbond substituents is 1. The van der Waals surface area contributed by atoms with E-state index in [1.807, 2.05) is 19.9 Å². The standard InChI is InChI=1S/C25H29N5O3/c1-3-16(2)27-25(33)30-22(17-7-4-5-8-17)14-21(29-30)20-11-10-19(13-23(20)31)28-24(32)18-9-6-12-26-15-18/h6,9-17,31H,3-5,7-8H2,1-2H3,(H,27,33)(H,28,32). The topological polar surface area (TPSA) is 109 Å². The van der Waals surface area contributed by atoms with Crippen molar-refractivity contribution in [3.05, 3.63) is 60.0 Å². The van der Waals surface area contributed by atoms with Gasteiger partial charge < -0.3 is 15.7 Å². The number of anilines is 1. The molecule has 1 unspecified atom stereocenters. The van der Waals surface area contributed by atoms with Crippen LogP contribution in [0.5, 0.6) is 5.75 Å². The summed E-state index contributed by atoms with van der Waals surface area (Å²) in [6.07, 6.45) is 8.21. The minimum atomic E-state index is -0.315. The van der Waals surface area contributed by atoms with Crippen LogP contribution in [-0.4, -0.2) is 37.9 Å². The van der Waals surface area contributed by atoms with Crippen molar-refractivity contribution >= 4 is 17.6 Å². The van der Waals surface area contributed by atoms with Gasteiger partial charge in [-0.2, -0.15) is 9.78 Å². The number of rotatable bonds is 6. The molecule has 0 saturated heterocycles. The van der Waals surface area contributed by atoms with Crippen LogP contribution in [0.1, 0.15) is 67.9 Å². The van der Waals surface area contributed by atoms with Crippen LogP contribution in [-0.2, 0) is 0 Å². The molecule has 1 aliphatic rings. The SMILES string of the molecule is CCC(C)NC(=O)n1nc(-c2ccc(NC(=O)c3cccnc3)cc2O)cc1C1CCCC1. The Hall–Kier alpha value is -3.68. The smallest absolute Gasteiger partial charge is 0.342 e. The Morgan fingerprint density at radius 2 is 2.00 bits per heavy atom. The lowest BCUT2D eigenvalue weighted by Crippen LogP contribution is -2.37. The molecule has 0 bridgehead atoms. The van der Waals surface area contributed by atoms with E-state index in [1.54, 1.807) is 30.5 Å². The van der Waals surface area contributed by atoms with Gasteiger partial charge in [-0.15, -0.1) is 0 Å². The number of hydrogen-bond acceptors (Lipinski definition) is 5. The average Bonchev–Trinajstić information content (AvgIpc) is 3.50. The van der Waals surface area contributed by atoms with E-state index in [4.69, 9.17) is 0 Å². The molecule has 2 amide bonds. The molecule has 0 spiro atoms. The predicted octanol–water partition coefficient (Wildman–Crippen LogP) is 4.92. The summed E-state index contributed by atoms with van der Waals surface area (Å²) in [7, 11) is 0. The zero-order valence-electron chi connectivity index (χ0n) is 18.9. The number of aromatic nitrogens is 3. The van der Waals surface area contributed by atoms with Crippen molar-refractivity contribution in [1.29, 1.82) is 0 Å². The summed E-state index contributed by atoms with van der Waals surface area (Å²) >= 11 is 0. The Morgan fingerprint density at radius 1 is 1.21 bits per heavy atom. The van der Waals surface area contributed by atoms with Crippen LogP contribution in [0.4, 0.5) is 10.5 Å². The first-order chi connectivity index (χ1) is 16.0. The minimum absolute atomic E-state index is 0.0241. The number of hydrogen-bond donors (Lipinski definition) is 3. The molecule has 1 fully saturated rings. The van der Waals surface area contributed by atoms with Crippen molar-refractivity contribution in [2.75, 3.05) is 5.32 Å². The first-order valence-corrected chi connectivity index (χ1v) is 11.4. The van der Waals surface area contributed by atoms with E-state index in [2.05, 4.69) is 20.7 Å². The van der Waals surface area contributed by atoms with Crippen LogP contribution in [0.25, 0.3) is 11.3 Å². The van der Waals surface area contributed by atoms with Crippen LogP contribution in [0.3, 0.4) is 0 Å². The maximum Gasteiger partial charge on any atom is 0.342 e. The Balaban J connectivity index is 1.60. The van der Waals surface area contributed by atoms with E-state index in [0.717, 1.165) is 37.8 Å². The molecule has 172 valence electrons. The van der Waals surface area contributed by atoms with Crippen LogP contribution in [0.2, 0.25) is 0 Å². The number of amides is 2. The first kappa shape index (κ1) is 22.5. The molecule has 1 aromatic carbocycles. The second kappa shape index (κ2) is 9.85. The number of pyridine rings is 1. The number of benzene rings is 1. The lowest BCUT2D eigenvalue weighted by Gasteiger charge is -2.15. The molecule has 1 saturated carbocycles. The number of carbonyl (C=O) groups excluding carboxylic acids is 2. The summed E-state index contributed by atoms with van der Waals surface area (Å²) in [5.41, 5.74) is 2.78. The molecule has 2 heterocycles. The number of carbonyl (C=O) groups is 2. The van der Waals surface area contributed by atoms with Gasteiger partial charge in [-0.1, -0.05) is 19.8 Å². The van der Waals surface area contributed by atoms with Gasteiger partial charge in [-0.3, -0.25) is 9.78 Å². The Bertz CT molecular complexity index is 1140. The zero-order chi connectivity index (χ0) is 23.4. The molecule has 3 aromatic rings. The van der Waals surface area contributed by atoms with Gasteiger partial charge in [-0.25, -0.2) is 4.79 Å². The van der Waals surface area contributed by atoms with Gasteiger partial charge >= 0.3 is 6.03 Å². The number of aromatic hydroxyl groups is 1. The van der Waals surface area contributed by atoms with Crippen molar-refractivity contribution in [2.45, 2.75) is 57.9 Å². The highest BCUT2D eigenvalue weighted by atomic mass is 16.3. The van der Waals surface area contributed by atoms with Crippen molar-refractivity contribution < 1.29 is 14.7 Å². The molecular weight excluding hydrogens is 418 g/mol. The van der Waals surface area contributed by atoms with Gasteiger partial charge in [0.1, 0.15) is 5.75 Å². The molecule has 8 heteroatoms. The average molecular weight is 448 g/mol. The fraction of sp³-hybridized carbons (Fsp3) is 0.360. The molecule has 33 heavy (non-hydrogen) atoms. The van der Waals surface area contributed by atoms with E-state index < -0.39 is 0 Å². The second-order valence-corrected chi connectivity index (χ2v) is 8.53. The van der Waals surface area contributed by atoms with Crippen LogP contribution in [0, 0.1) is 0 Å². The fourth-order valence-corrected chi connectivity index (χ4v) is 4.10. The quantitative estimate of drug-likeness (QED) is 0.497. The summed E-state index contributed by atoms with van der Waals surface area (Å²) < 4.78 is 1.45. The van der Waals surface area contributed by atoms with Crippen LogP contribution in [0.15, 0.2) is 48.8 Å². The maximum atomic E-state index is 12.9. The molecule has 1 aliphatic carbocycles. The third kappa shape index (κ3) is 5.05. The first-order valence-electron chi connectivity index (χ1n) is 11.4. The van der Waals surface area contributed by atoms with E-state index in [-0.39, 0.29) is 29.6 Å². The number of phenols is 1. The Labute approximate surface area is 193 Å². The summed E-state index contributed by atoms with van der Waals surface area (Å²) in [6.45, 7) is 3.98. The summed E-state index contributed by atoms with van der Waals surface area (Å²) in [5, 5.41) is 21.0. The molecular formula is C25H29N5O3. The van der Waals surface area contributed by atoms with Gasteiger partial charge in [0.05, 0.1) is 17.0 Å². The number of nitrogens with zero attached hydrogens (tertiary/aromatic N) is 3. The van der Waals surface area contributed by atoms with E-state index in [1.165, 1.54) is 16.9 Å². The largest absolute Gasteiger partial charge is 0.507 e. The molecule has 8 nitrogen and oxygen atoms in total. The summed E-state index contributed by atoms with van der Waals surface area (Å²) in [4.78, 5) is 29.2. The molecule has 0 aliphatic heterocycles. The highest BCUT2D eigenvalue weighted by Gasteiger charge is 2.26. The molecule has 4 rings (SSSR count). The third-order valence-corrected chi connectivity index (χ3v) is 6.14. The Morgan fingerprint density at radius 3 is 2.67 bits per heavy atom. The van der Waals surface area contributed by atoms with Crippen LogP contribution < -0.4 is 10.6 Å². The van der Waals surface area contributed by atoms with Crippen molar-refractivity contribution in [3.8, 4) is 17.0 Å². The van der Waals surface area contributed by atoms with Crippen molar-refractivity contribution in [1.82, 2.24) is 20.1 Å². The molecule has 1 atom stereocenters. The summed E-state index contributed by atoms with van der Waals surface area (Å²) in [5.74, 6) is -0.0668. The second-order valence-electron chi connectivity index (χ2n) is 8.53. The zero-order valence-corrected chi connectivity index (χ0v) is 18.9. The summed E-state index contributed by atoms with van der Waals surface area (Å²) in [6, 6.07) is 9.92. The van der Waals surface area contributed by atoms with Gasteiger partial charge in [0.25, 0.3) is 5.91 Å².